The largest absolute Gasteiger partial charge is 0.496 e. The molecule has 3 heteroatoms. The molecule has 20 heavy (non-hydrogen) atoms. The maximum atomic E-state index is 5.50. The van der Waals surface area contributed by atoms with Crippen molar-refractivity contribution in [1.29, 1.82) is 0 Å². The number of methoxy groups -OCH3 is 1. The lowest BCUT2D eigenvalue weighted by atomic mass is 9.96. The van der Waals surface area contributed by atoms with Crippen LogP contribution in [0.5, 0.6) is 5.75 Å². The third kappa shape index (κ3) is 2.50. The van der Waals surface area contributed by atoms with Gasteiger partial charge in [0.15, 0.2) is 0 Å². The van der Waals surface area contributed by atoms with Crippen molar-refractivity contribution in [2.75, 3.05) is 14.2 Å². The molecule has 2 nitrogen and oxygen atoms in total. The Morgan fingerprint density at radius 3 is 2.30 bits per heavy atom. The highest BCUT2D eigenvalue weighted by Gasteiger charge is 2.66. The fraction of sp³-hybridized carbons (Fsp3) is 0.647. The van der Waals surface area contributed by atoms with Crippen LogP contribution in [-0.2, 0) is 6.42 Å². The second kappa shape index (κ2) is 5.34. The van der Waals surface area contributed by atoms with Crippen LogP contribution in [0.3, 0.4) is 0 Å². The van der Waals surface area contributed by atoms with Crippen LogP contribution in [0.15, 0.2) is 22.7 Å². The van der Waals surface area contributed by atoms with E-state index in [-0.39, 0.29) is 0 Å². The summed E-state index contributed by atoms with van der Waals surface area (Å²) in [6, 6.07) is 6.71. The van der Waals surface area contributed by atoms with E-state index >= 15 is 0 Å². The molecule has 1 unspecified atom stereocenters. The number of nitrogens with one attached hydrogen (secondary N) is 1. The van der Waals surface area contributed by atoms with Crippen LogP contribution in [0, 0.1) is 16.7 Å². The summed E-state index contributed by atoms with van der Waals surface area (Å²) in [5.74, 6) is 1.66. The van der Waals surface area contributed by atoms with Gasteiger partial charge in [-0.05, 0) is 54.0 Å². The molecule has 1 aliphatic carbocycles. The first-order valence-corrected chi connectivity index (χ1v) is 8.04. The molecular weight excluding hydrogens is 314 g/mol. The van der Waals surface area contributed by atoms with E-state index in [0.29, 0.717) is 22.8 Å². The normalized spacial score (nSPS) is 21.6. The first kappa shape index (κ1) is 15.8. The van der Waals surface area contributed by atoms with Gasteiger partial charge in [-0.2, -0.15) is 0 Å². The molecule has 1 atom stereocenters. The molecule has 0 aliphatic heterocycles. The number of hydrogen-bond donors (Lipinski definition) is 1. The molecule has 1 aromatic carbocycles. The zero-order valence-corrected chi connectivity index (χ0v) is 15.0. The Labute approximate surface area is 131 Å². The maximum absolute atomic E-state index is 5.50. The number of halogens is 1. The highest BCUT2D eigenvalue weighted by molar-refractivity contribution is 9.10. The van der Waals surface area contributed by atoms with Crippen molar-refractivity contribution in [1.82, 2.24) is 5.32 Å². The zero-order chi connectivity index (χ0) is 15.1. The van der Waals surface area contributed by atoms with E-state index in [9.17, 15) is 0 Å². The highest BCUT2D eigenvalue weighted by Crippen LogP contribution is 2.69. The lowest BCUT2D eigenvalue weighted by Crippen LogP contribution is -2.32. The number of hydrogen-bond acceptors (Lipinski definition) is 2. The third-order valence-electron chi connectivity index (χ3n) is 5.59. The number of likely N-dealkylation sites (N-methyl/N-ethyl adjacent to an activating group) is 1. The molecule has 0 saturated heterocycles. The summed E-state index contributed by atoms with van der Waals surface area (Å²) in [5.41, 5.74) is 2.04. The molecule has 0 aromatic heterocycles. The summed E-state index contributed by atoms with van der Waals surface area (Å²) in [5, 5.41) is 3.52. The van der Waals surface area contributed by atoms with E-state index in [1.807, 2.05) is 12.1 Å². The first-order valence-electron chi connectivity index (χ1n) is 7.25. The smallest absolute Gasteiger partial charge is 0.122 e. The number of rotatable bonds is 5. The van der Waals surface area contributed by atoms with Gasteiger partial charge in [-0.1, -0.05) is 43.6 Å². The predicted molar refractivity (Wildman–Crippen MR) is 88.3 cm³/mol. The van der Waals surface area contributed by atoms with Gasteiger partial charge in [-0.25, -0.2) is 0 Å². The van der Waals surface area contributed by atoms with Gasteiger partial charge in [-0.15, -0.1) is 0 Å². The van der Waals surface area contributed by atoms with Crippen molar-refractivity contribution in [3.8, 4) is 5.75 Å². The van der Waals surface area contributed by atoms with Gasteiger partial charge >= 0.3 is 0 Å². The standard InChI is InChI=1S/C17H26BrNO/c1-16(2)15(17(16,3)4)13(19-5)10-11-9-12(18)7-8-14(11)20-6/h7-9,13,15,19H,10H2,1-6H3. The summed E-state index contributed by atoms with van der Waals surface area (Å²) < 4.78 is 6.61. The van der Waals surface area contributed by atoms with Crippen molar-refractivity contribution < 1.29 is 4.74 Å². The van der Waals surface area contributed by atoms with E-state index in [4.69, 9.17) is 4.74 Å². The molecular formula is C17H26BrNO. The van der Waals surface area contributed by atoms with Gasteiger partial charge in [0, 0.05) is 10.5 Å². The Morgan fingerprint density at radius 2 is 1.85 bits per heavy atom. The monoisotopic (exact) mass is 339 g/mol. The summed E-state index contributed by atoms with van der Waals surface area (Å²) in [4.78, 5) is 0. The van der Waals surface area contributed by atoms with Crippen LogP contribution in [0.1, 0.15) is 33.3 Å². The van der Waals surface area contributed by atoms with E-state index < -0.39 is 0 Å². The quantitative estimate of drug-likeness (QED) is 0.864. The van der Waals surface area contributed by atoms with Crippen LogP contribution in [0.25, 0.3) is 0 Å². The molecule has 0 bridgehead atoms. The predicted octanol–water partition coefficient (Wildman–Crippen LogP) is 4.27. The Bertz CT molecular complexity index is 482. The lowest BCUT2D eigenvalue weighted by molar-refractivity contribution is 0.390. The van der Waals surface area contributed by atoms with Gasteiger partial charge < -0.3 is 10.1 Å². The van der Waals surface area contributed by atoms with E-state index in [1.54, 1.807) is 7.11 Å². The molecule has 0 amide bonds. The third-order valence-corrected chi connectivity index (χ3v) is 6.08. The molecule has 1 aliphatic rings. The summed E-state index contributed by atoms with van der Waals surface area (Å²) in [6.45, 7) is 9.50. The SMILES string of the molecule is CNC(Cc1cc(Br)ccc1OC)C1C(C)(C)C1(C)C. The molecule has 0 radical (unpaired) electrons. The van der Waals surface area contributed by atoms with E-state index in [0.717, 1.165) is 16.6 Å². The number of benzene rings is 1. The first-order chi connectivity index (χ1) is 9.25. The number of ether oxygens (including phenoxy) is 1. The lowest BCUT2D eigenvalue weighted by Gasteiger charge is -2.20. The minimum absolute atomic E-state index is 0.389. The van der Waals surface area contributed by atoms with E-state index in [1.165, 1.54) is 5.56 Å². The van der Waals surface area contributed by atoms with Crippen LogP contribution < -0.4 is 10.1 Å². The van der Waals surface area contributed by atoms with Gasteiger partial charge in [-0.3, -0.25) is 0 Å². The van der Waals surface area contributed by atoms with Gasteiger partial charge in [0.05, 0.1) is 7.11 Å². The van der Waals surface area contributed by atoms with Crippen LogP contribution in [0.4, 0.5) is 0 Å². The fourth-order valence-corrected chi connectivity index (χ4v) is 4.19. The Morgan fingerprint density at radius 1 is 1.25 bits per heavy atom. The van der Waals surface area contributed by atoms with Crippen molar-refractivity contribution in [3.63, 3.8) is 0 Å². The highest BCUT2D eigenvalue weighted by atomic mass is 79.9. The van der Waals surface area contributed by atoms with Crippen molar-refractivity contribution in [2.45, 2.75) is 40.2 Å². The summed E-state index contributed by atoms with van der Waals surface area (Å²) in [6.07, 6.45) is 0.997. The second-order valence-electron chi connectivity index (χ2n) is 6.98. The van der Waals surface area contributed by atoms with E-state index in [2.05, 4.69) is 62.1 Å². The Kier molecular flexibility index (Phi) is 4.23. The molecule has 1 fully saturated rings. The maximum Gasteiger partial charge on any atom is 0.122 e. The van der Waals surface area contributed by atoms with Gasteiger partial charge in [0.2, 0.25) is 0 Å². The summed E-state index contributed by atoms with van der Waals surface area (Å²) in [7, 11) is 3.81. The van der Waals surface area contributed by atoms with Crippen LogP contribution in [0.2, 0.25) is 0 Å². The van der Waals surface area contributed by atoms with Crippen molar-refractivity contribution in [2.24, 2.45) is 16.7 Å². The van der Waals surface area contributed by atoms with Gasteiger partial charge in [0.25, 0.3) is 0 Å². The molecule has 112 valence electrons. The molecule has 1 aromatic rings. The fourth-order valence-electron chi connectivity index (χ4n) is 3.78. The molecule has 2 rings (SSSR count). The zero-order valence-electron chi connectivity index (χ0n) is 13.4. The molecule has 1 N–H and O–H groups in total. The van der Waals surface area contributed by atoms with Crippen LogP contribution >= 0.6 is 15.9 Å². The van der Waals surface area contributed by atoms with Crippen molar-refractivity contribution >= 4 is 15.9 Å². The molecule has 1 saturated carbocycles. The Balaban J connectivity index is 2.22. The average molecular weight is 340 g/mol. The average Bonchev–Trinajstić information content (AvgIpc) is 2.77. The molecule has 0 heterocycles. The van der Waals surface area contributed by atoms with Crippen LogP contribution in [-0.4, -0.2) is 20.2 Å². The van der Waals surface area contributed by atoms with Crippen molar-refractivity contribution in [3.05, 3.63) is 28.2 Å². The Hall–Kier alpha value is -0.540. The summed E-state index contributed by atoms with van der Waals surface area (Å²) >= 11 is 3.56. The second-order valence-corrected chi connectivity index (χ2v) is 7.89. The topological polar surface area (TPSA) is 21.3 Å². The van der Waals surface area contributed by atoms with Gasteiger partial charge in [0.1, 0.15) is 5.75 Å². The molecule has 0 spiro atoms. The minimum atomic E-state index is 0.389. The minimum Gasteiger partial charge on any atom is -0.496 e.